The van der Waals surface area contributed by atoms with Crippen molar-refractivity contribution in [3.8, 4) is 11.5 Å². The summed E-state index contributed by atoms with van der Waals surface area (Å²) in [5.41, 5.74) is 2.60. The fourth-order valence-electron chi connectivity index (χ4n) is 11.1. The van der Waals surface area contributed by atoms with Gasteiger partial charge in [0.05, 0.1) is 6.10 Å². The summed E-state index contributed by atoms with van der Waals surface area (Å²) < 4.78 is 6.60. The molecule has 45 heavy (non-hydrogen) atoms. The van der Waals surface area contributed by atoms with Gasteiger partial charge in [-0.05, 0) is 158 Å². The molecular weight excluding hydrogens is 552 g/mol. The minimum Gasteiger partial charge on any atom is -0.508 e. The lowest BCUT2D eigenvalue weighted by Crippen LogP contribution is -2.54. The predicted molar refractivity (Wildman–Crippen MR) is 185 cm³/mol. The van der Waals surface area contributed by atoms with Crippen LogP contribution in [0.25, 0.3) is 6.08 Å². The third-order valence-corrected chi connectivity index (χ3v) is 13.6. The Hall–Kier alpha value is -2.55. The summed E-state index contributed by atoms with van der Waals surface area (Å²) in [6, 6.07) is 14.5. The van der Waals surface area contributed by atoms with Crippen LogP contribution < -0.4 is 4.74 Å². The molecule has 0 aromatic heterocycles. The van der Waals surface area contributed by atoms with Gasteiger partial charge < -0.3 is 9.84 Å². The lowest BCUT2D eigenvalue weighted by molar-refractivity contribution is -0.126. The Bertz CT molecular complexity index is 1320. The van der Waals surface area contributed by atoms with Crippen molar-refractivity contribution in [1.29, 1.82) is 0 Å². The van der Waals surface area contributed by atoms with E-state index >= 15 is 0 Å². The molecule has 0 bridgehead atoms. The van der Waals surface area contributed by atoms with E-state index in [0.717, 1.165) is 59.2 Å². The van der Waals surface area contributed by atoms with Gasteiger partial charge in [-0.3, -0.25) is 4.79 Å². The summed E-state index contributed by atoms with van der Waals surface area (Å²) in [4.78, 5) is 12.5. The second-order valence-corrected chi connectivity index (χ2v) is 16.5. The van der Waals surface area contributed by atoms with Crippen LogP contribution in [0, 0.1) is 52.3 Å². The first kappa shape index (κ1) is 32.4. The summed E-state index contributed by atoms with van der Waals surface area (Å²) in [6.07, 6.45) is 20.3. The molecule has 4 aliphatic carbocycles. The van der Waals surface area contributed by atoms with Crippen molar-refractivity contribution >= 4 is 11.9 Å². The van der Waals surface area contributed by atoms with Gasteiger partial charge >= 0.3 is 0 Å². The first-order valence-electron chi connectivity index (χ1n) is 18.3. The van der Waals surface area contributed by atoms with Crippen molar-refractivity contribution in [3.05, 3.63) is 65.7 Å². The van der Waals surface area contributed by atoms with E-state index in [0.29, 0.717) is 22.5 Å². The maximum Gasteiger partial charge on any atom is 0.185 e. The third-order valence-electron chi connectivity index (χ3n) is 13.6. The molecule has 0 spiro atoms. The smallest absolute Gasteiger partial charge is 0.185 e. The van der Waals surface area contributed by atoms with Crippen LogP contribution in [0.1, 0.15) is 128 Å². The normalized spacial score (nSPS) is 35.1. The standard InChI is InChI=1S/C42H58O3/c1-28(2)7-6-8-29(3)37-20-21-38-36-19-14-32-27-35(23-25-41(32,4)39(36)24-26-42(37,38)5)45-34-17-9-30(10-18-34)11-22-40(44)31-12-15-33(43)16-13-31/h9-13,15-18,22,28-29,32,35-39,43H,6-8,14,19-21,23-27H2,1-5H3/b22-11+/t29?,32?,35?,36-,37+,38-,39-,41-,42+/m0/s1. The van der Waals surface area contributed by atoms with Gasteiger partial charge in [0.15, 0.2) is 5.78 Å². The molecule has 0 amide bonds. The molecule has 6 rings (SSSR count). The molecular formula is C42H58O3. The highest BCUT2D eigenvalue weighted by Crippen LogP contribution is 2.68. The van der Waals surface area contributed by atoms with Crippen LogP contribution in [0.3, 0.4) is 0 Å². The van der Waals surface area contributed by atoms with E-state index in [-0.39, 0.29) is 11.5 Å². The van der Waals surface area contributed by atoms with E-state index in [2.05, 4.69) is 46.8 Å². The predicted octanol–water partition coefficient (Wildman–Crippen LogP) is 11.2. The number of phenols is 1. The van der Waals surface area contributed by atoms with Gasteiger partial charge in [0.25, 0.3) is 0 Å². The van der Waals surface area contributed by atoms with E-state index in [1.54, 1.807) is 30.3 Å². The zero-order valence-electron chi connectivity index (χ0n) is 28.6. The molecule has 0 radical (unpaired) electrons. The first-order chi connectivity index (χ1) is 21.6. The van der Waals surface area contributed by atoms with E-state index in [9.17, 15) is 9.90 Å². The number of ketones is 1. The number of allylic oxidation sites excluding steroid dienone is 1. The van der Waals surface area contributed by atoms with E-state index in [1.807, 2.05) is 18.2 Å². The fourth-order valence-corrected chi connectivity index (χ4v) is 11.1. The van der Waals surface area contributed by atoms with Crippen LogP contribution >= 0.6 is 0 Å². The van der Waals surface area contributed by atoms with E-state index < -0.39 is 0 Å². The highest BCUT2D eigenvalue weighted by Gasteiger charge is 2.60. The molecule has 3 nitrogen and oxygen atoms in total. The largest absolute Gasteiger partial charge is 0.508 e. The zero-order valence-corrected chi connectivity index (χ0v) is 28.6. The third kappa shape index (κ3) is 6.66. The second-order valence-electron chi connectivity index (χ2n) is 16.5. The lowest BCUT2D eigenvalue weighted by atomic mass is 9.44. The minimum atomic E-state index is -0.0719. The molecule has 4 saturated carbocycles. The van der Waals surface area contributed by atoms with Gasteiger partial charge in [-0.15, -0.1) is 0 Å². The molecule has 3 unspecified atom stereocenters. The van der Waals surface area contributed by atoms with Crippen LogP contribution in [0.15, 0.2) is 54.6 Å². The van der Waals surface area contributed by atoms with Gasteiger partial charge in [0.1, 0.15) is 11.5 Å². The van der Waals surface area contributed by atoms with Crippen molar-refractivity contribution in [1.82, 2.24) is 0 Å². The van der Waals surface area contributed by atoms with E-state index in [4.69, 9.17) is 4.74 Å². The molecule has 2 aromatic rings. The molecule has 9 atom stereocenters. The van der Waals surface area contributed by atoms with Crippen molar-refractivity contribution in [3.63, 3.8) is 0 Å². The molecule has 4 aliphatic rings. The summed E-state index contributed by atoms with van der Waals surface area (Å²) >= 11 is 0. The van der Waals surface area contributed by atoms with Crippen LogP contribution in [0.5, 0.6) is 11.5 Å². The SMILES string of the molecule is CC(C)CCCC(C)[C@H]1CC[C@H]2[C@@H]3CCC4CC(Oc5ccc(/C=C/C(=O)c6ccc(O)cc6)cc5)CC[C@]4(C)[C@H]3CC[C@]12C. The Morgan fingerprint density at radius 2 is 1.58 bits per heavy atom. The number of fused-ring (bicyclic) bond motifs is 5. The maximum atomic E-state index is 12.5. The Balaban J connectivity index is 1.03. The van der Waals surface area contributed by atoms with Crippen LogP contribution in [0.2, 0.25) is 0 Å². The van der Waals surface area contributed by atoms with E-state index in [1.165, 1.54) is 70.6 Å². The highest BCUT2D eigenvalue weighted by molar-refractivity contribution is 6.06. The maximum absolute atomic E-state index is 12.5. The number of benzene rings is 2. The molecule has 1 N–H and O–H groups in total. The summed E-state index contributed by atoms with van der Waals surface area (Å²) in [7, 11) is 0. The van der Waals surface area contributed by atoms with Crippen LogP contribution in [-0.2, 0) is 0 Å². The van der Waals surface area contributed by atoms with Crippen molar-refractivity contribution in [2.45, 2.75) is 118 Å². The molecule has 2 aromatic carbocycles. The molecule has 0 heterocycles. The monoisotopic (exact) mass is 610 g/mol. The summed E-state index contributed by atoms with van der Waals surface area (Å²) in [5.74, 6) is 7.26. The van der Waals surface area contributed by atoms with Crippen LogP contribution in [-0.4, -0.2) is 17.0 Å². The Kier molecular flexibility index (Phi) is 9.56. The minimum absolute atomic E-state index is 0.0719. The van der Waals surface area contributed by atoms with Gasteiger partial charge in [-0.1, -0.05) is 72.1 Å². The highest BCUT2D eigenvalue weighted by atomic mass is 16.5. The number of carbonyl (C=O) groups excluding carboxylic acids is 1. The Morgan fingerprint density at radius 1 is 0.867 bits per heavy atom. The number of hydrogen-bond donors (Lipinski definition) is 1. The summed E-state index contributed by atoms with van der Waals surface area (Å²) in [6.45, 7) is 12.7. The molecule has 0 aliphatic heterocycles. The number of carbonyl (C=O) groups is 1. The molecule has 3 heteroatoms. The Labute approximate surface area is 273 Å². The van der Waals surface area contributed by atoms with Gasteiger partial charge in [0, 0.05) is 5.56 Å². The molecule has 4 fully saturated rings. The van der Waals surface area contributed by atoms with Crippen molar-refractivity contribution < 1.29 is 14.6 Å². The number of ether oxygens (including phenoxy) is 1. The lowest BCUT2D eigenvalue weighted by Gasteiger charge is -2.61. The van der Waals surface area contributed by atoms with Crippen molar-refractivity contribution in [2.75, 3.05) is 0 Å². The zero-order chi connectivity index (χ0) is 31.8. The van der Waals surface area contributed by atoms with Crippen LogP contribution in [0.4, 0.5) is 0 Å². The molecule has 244 valence electrons. The summed E-state index contributed by atoms with van der Waals surface area (Å²) in [5, 5.41) is 9.46. The Morgan fingerprint density at radius 3 is 2.31 bits per heavy atom. The fraction of sp³-hybridized carbons (Fsp3) is 0.643. The first-order valence-corrected chi connectivity index (χ1v) is 18.3. The van der Waals surface area contributed by atoms with Crippen molar-refractivity contribution in [2.24, 2.45) is 52.3 Å². The quantitative estimate of drug-likeness (QED) is 0.215. The molecule has 0 saturated heterocycles. The average Bonchev–Trinajstić information content (AvgIpc) is 3.38. The van der Waals surface area contributed by atoms with Gasteiger partial charge in [0.2, 0.25) is 0 Å². The number of hydrogen-bond acceptors (Lipinski definition) is 3. The number of phenolic OH excluding ortho intramolecular Hbond substituents is 1. The van der Waals surface area contributed by atoms with Gasteiger partial charge in [-0.25, -0.2) is 0 Å². The number of rotatable bonds is 10. The second kappa shape index (κ2) is 13.3. The number of aromatic hydroxyl groups is 1. The average molecular weight is 611 g/mol. The topological polar surface area (TPSA) is 46.5 Å². The van der Waals surface area contributed by atoms with Gasteiger partial charge in [-0.2, -0.15) is 0 Å².